The molecule has 4 atom stereocenters. The highest BCUT2D eigenvalue weighted by Gasteiger charge is 2.37. The summed E-state index contributed by atoms with van der Waals surface area (Å²) in [6, 6.07) is -3.78. The van der Waals surface area contributed by atoms with Crippen molar-refractivity contribution in [3.8, 4) is 0 Å². The summed E-state index contributed by atoms with van der Waals surface area (Å²) in [7, 11) is 0. The topological polar surface area (TPSA) is 185 Å². The number of rotatable bonds is 9. The predicted octanol–water partition coefficient (Wildman–Crippen LogP) is -2.34. The number of nitrogens with zero attached hydrogens (tertiary/aromatic N) is 1. The number of likely N-dealkylation sites (tertiary alicyclic amines) is 1. The molecular weight excluding hydrogens is 358 g/mol. The molecule has 1 saturated heterocycles. The second kappa shape index (κ2) is 9.86. The molecule has 0 bridgehead atoms. The van der Waals surface area contributed by atoms with Crippen molar-refractivity contribution >= 4 is 29.6 Å². The standard InChI is InChI=1S/C16H27N5O6/c1-8(19-13(23)10(17)5-6-12(18)22)15(25)21-7-3-4-11(21)14(24)20-9(2)16(26)27/h8-11H,3-7,17H2,1-2H3,(H2,18,22)(H,19,23)(H,20,24)(H,26,27). The van der Waals surface area contributed by atoms with Gasteiger partial charge in [0.25, 0.3) is 0 Å². The Kier molecular flexibility index (Phi) is 8.16. The molecule has 1 rings (SSSR count). The summed E-state index contributed by atoms with van der Waals surface area (Å²) in [5.74, 6) is -3.37. The average molecular weight is 385 g/mol. The number of nitrogens with one attached hydrogen (secondary N) is 2. The van der Waals surface area contributed by atoms with Crippen molar-refractivity contribution in [1.29, 1.82) is 0 Å². The van der Waals surface area contributed by atoms with E-state index < -0.39 is 53.8 Å². The van der Waals surface area contributed by atoms with E-state index in [1.165, 1.54) is 18.7 Å². The quantitative estimate of drug-likeness (QED) is 0.294. The first-order chi connectivity index (χ1) is 12.5. The fourth-order valence-electron chi connectivity index (χ4n) is 2.73. The highest BCUT2D eigenvalue weighted by molar-refractivity contribution is 5.94. The minimum absolute atomic E-state index is 0.0486. The SMILES string of the molecule is CC(NC(=O)C1CCCN1C(=O)C(C)NC(=O)C(N)CCC(N)=O)C(=O)O. The summed E-state index contributed by atoms with van der Waals surface area (Å²) >= 11 is 0. The van der Waals surface area contributed by atoms with E-state index in [0.29, 0.717) is 19.4 Å². The van der Waals surface area contributed by atoms with Crippen LogP contribution in [0.3, 0.4) is 0 Å². The number of primary amides is 1. The van der Waals surface area contributed by atoms with Crippen molar-refractivity contribution < 1.29 is 29.1 Å². The van der Waals surface area contributed by atoms with Crippen molar-refractivity contribution in [3.63, 3.8) is 0 Å². The molecule has 4 unspecified atom stereocenters. The van der Waals surface area contributed by atoms with E-state index in [0.717, 1.165) is 0 Å². The van der Waals surface area contributed by atoms with Crippen LogP contribution in [0.5, 0.6) is 0 Å². The van der Waals surface area contributed by atoms with Crippen LogP contribution in [0, 0.1) is 0 Å². The minimum Gasteiger partial charge on any atom is -0.480 e. The summed E-state index contributed by atoms with van der Waals surface area (Å²) < 4.78 is 0. The van der Waals surface area contributed by atoms with E-state index in [1.807, 2.05) is 0 Å². The largest absolute Gasteiger partial charge is 0.480 e. The Morgan fingerprint density at radius 3 is 2.33 bits per heavy atom. The van der Waals surface area contributed by atoms with Gasteiger partial charge in [0.1, 0.15) is 18.1 Å². The number of carbonyl (C=O) groups excluding carboxylic acids is 4. The zero-order valence-electron chi connectivity index (χ0n) is 15.4. The molecule has 11 heteroatoms. The van der Waals surface area contributed by atoms with Crippen LogP contribution in [-0.4, -0.2) is 70.3 Å². The Hall–Kier alpha value is -2.69. The molecule has 0 aromatic heterocycles. The molecule has 0 aliphatic carbocycles. The van der Waals surface area contributed by atoms with E-state index in [1.54, 1.807) is 0 Å². The van der Waals surface area contributed by atoms with Gasteiger partial charge in [0.05, 0.1) is 6.04 Å². The fourth-order valence-corrected chi connectivity index (χ4v) is 2.73. The van der Waals surface area contributed by atoms with Crippen molar-refractivity contribution in [2.75, 3.05) is 6.54 Å². The van der Waals surface area contributed by atoms with Gasteiger partial charge in [0.2, 0.25) is 23.6 Å². The molecule has 0 aromatic rings. The first kappa shape index (κ1) is 22.4. The molecule has 0 aromatic carbocycles. The van der Waals surface area contributed by atoms with Crippen molar-refractivity contribution in [2.24, 2.45) is 11.5 Å². The lowest BCUT2D eigenvalue weighted by Gasteiger charge is -2.28. The summed E-state index contributed by atoms with van der Waals surface area (Å²) in [5, 5.41) is 13.7. The second-order valence-electron chi connectivity index (χ2n) is 6.60. The van der Waals surface area contributed by atoms with Gasteiger partial charge in [-0.05, 0) is 33.1 Å². The molecule has 1 fully saturated rings. The molecule has 11 nitrogen and oxygen atoms in total. The van der Waals surface area contributed by atoms with E-state index >= 15 is 0 Å². The van der Waals surface area contributed by atoms with E-state index in [4.69, 9.17) is 16.6 Å². The molecular formula is C16H27N5O6. The van der Waals surface area contributed by atoms with Gasteiger partial charge in [-0.3, -0.25) is 24.0 Å². The summed E-state index contributed by atoms with van der Waals surface area (Å²) in [5.41, 5.74) is 10.7. The smallest absolute Gasteiger partial charge is 0.325 e. The zero-order chi connectivity index (χ0) is 20.7. The Morgan fingerprint density at radius 2 is 1.78 bits per heavy atom. The maximum absolute atomic E-state index is 12.6. The average Bonchev–Trinajstić information content (AvgIpc) is 3.08. The number of aliphatic carboxylic acids is 1. The van der Waals surface area contributed by atoms with Crippen LogP contribution in [-0.2, 0) is 24.0 Å². The van der Waals surface area contributed by atoms with Gasteiger partial charge in [-0.15, -0.1) is 0 Å². The van der Waals surface area contributed by atoms with Crippen molar-refractivity contribution in [1.82, 2.24) is 15.5 Å². The molecule has 0 spiro atoms. The second-order valence-corrected chi connectivity index (χ2v) is 6.60. The van der Waals surface area contributed by atoms with Crippen LogP contribution < -0.4 is 22.1 Å². The molecule has 1 aliphatic rings. The van der Waals surface area contributed by atoms with Gasteiger partial charge < -0.3 is 32.1 Å². The third-order valence-corrected chi connectivity index (χ3v) is 4.34. The number of hydrogen-bond donors (Lipinski definition) is 5. The van der Waals surface area contributed by atoms with Crippen LogP contribution in [0.2, 0.25) is 0 Å². The number of carbonyl (C=O) groups is 5. The number of hydrogen-bond acceptors (Lipinski definition) is 6. The van der Waals surface area contributed by atoms with Crippen LogP contribution in [0.25, 0.3) is 0 Å². The molecule has 0 saturated carbocycles. The minimum atomic E-state index is -1.18. The molecule has 1 heterocycles. The van der Waals surface area contributed by atoms with Gasteiger partial charge in [-0.2, -0.15) is 0 Å². The molecule has 7 N–H and O–H groups in total. The van der Waals surface area contributed by atoms with Gasteiger partial charge in [-0.25, -0.2) is 0 Å². The number of carboxylic acid groups (broad SMARTS) is 1. The predicted molar refractivity (Wildman–Crippen MR) is 94.0 cm³/mol. The van der Waals surface area contributed by atoms with Gasteiger partial charge >= 0.3 is 5.97 Å². The normalized spacial score (nSPS) is 19.7. The molecule has 152 valence electrons. The summed E-state index contributed by atoms with van der Waals surface area (Å²) in [6.07, 6.45) is 1.00. The molecule has 0 radical (unpaired) electrons. The van der Waals surface area contributed by atoms with Crippen LogP contribution >= 0.6 is 0 Å². The van der Waals surface area contributed by atoms with Crippen molar-refractivity contribution in [3.05, 3.63) is 0 Å². The first-order valence-electron chi connectivity index (χ1n) is 8.72. The Balaban J connectivity index is 2.65. The third-order valence-electron chi connectivity index (χ3n) is 4.34. The van der Waals surface area contributed by atoms with E-state index in [9.17, 15) is 24.0 Å². The lowest BCUT2D eigenvalue weighted by molar-refractivity contribution is -0.144. The lowest BCUT2D eigenvalue weighted by Crippen LogP contribution is -2.55. The van der Waals surface area contributed by atoms with Crippen LogP contribution in [0.15, 0.2) is 0 Å². The monoisotopic (exact) mass is 385 g/mol. The zero-order valence-corrected chi connectivity index (χ0v) is 15.4. The summed E-state index contributed by atoms with van der Waals surface area (Å²) in [4.78, 5) is 59.8. The molecule has 27 heavy (non-hydrogen) atoms. The first-order valence-corrected chi connectivity index (χ1v) is 8.72. The number of carboxylic acids is 1. The highest BCUT2D eigenvalue weighted by Crippen LogP contribution is 2.19. The Labute approximate surface area is 156 Å². The Morgan fingerprint density at radius 1 is 1.15 bits per heavy atom. The van der Waals surface area contributed by atoms with Crippen LogP contribution in [0.1, 0.15) is 39.5 Å². The maximum atomic E-state index is 12.6. The van der Waals surface area contributed by atoms with Gasteiger partial charge in [-0.1, -0.05) is 0 Å². The summed E-state index contributed by atoms with van der Waals surface area (Å²) in [6.45, 7) is 3.12. The van der Waals surface area contributed by atoms with Crippen molar-refractivity contribution in [2.45, 2.75) is 63.7 Å². The molecule has 4 amide bonds. The third kappa shape index (κ3) is 6.51. The fraction of sp³-hybridized carbons (Fsp3) is 0.688. The number of amides is 4. The van der Waals surface area contributed by atoms with Crippen LogP contribution in [0.4, 0.5) is 0 Å². The van der Waals surface area contributed by atoms with E-state index in [2.05, 4.69) is 10.6 Å². The maximum Gasteiger partial charge on any atom is 0.325 e. The highest BCUT2D eigenvalue weighted by atomic mass is 16.4. The Bertz CT molecular complexity index is 610. The van der Waals surface area contributed by atoms with Gasteiger partial charge in [0.15, 0.2) is 0 Å². The van der Waals surface area contributed by atoms with Gasteiger partial charge in [0, 0.05) is 13.0 Å². The lowest BCUT2D eigenvalue weighted by atomic mass is 10.1. The number of nitrogens with two attached hydrogens (primary N) is 2. The molecule has 1 aliphatic heterocycles. The van der Waals surface area contributed by atoms with E-state index in [-0.39, 0.29) is 12.8 Å².